The average molecular weight is 392 g/mol. The summed E-state index contributed by atoms with van der Waals surface area (Å²) in [6.45, 7) is 1.37. The first-order valence-corrected chi connectivity index (χ1v) is 8.89. The molecule has 1 aromatic carbocycles. The number of hydrogen-bond donors (Lipinski definition) is 0. The predicted molar refractivity (Wildman–Crippen MR) is 97.5 cm³/mol. The Morgan fingerprint density at radius 3 is 2.78 bits per heavy atom. The molecule has 0 spiro atoms. The first-order chi connectivity index (χ1) is 13.0. The van der Waals surface area contributed by atoms with Crippen LogP contribution in [0.5, 0.6) is 0 Å². The third-order valence-corrected chi connectivity index (χ3v) is 5.03. The summed E-state index contributed by atoms with van der Waals surface area (Å²) < 4.78 is 29.9. The zero-order valence-electron chi connectivity index (χ0n) is 14.2. The van der Waals surface area contributed by atoms with E-state index in [0.29, 0.717) is 18.3 Å². The number of halogens is 3. The molecule has 4 rings (SSSR count). The third kappa shape index (κ3) is 3.32. The standard InChI is InChI=1S/C18H16ClF2N5O/c19-17-16(24-7-1-3-13(11-24)25-8-2-6-22-25)10-23-26(18(17)27)15-5-4-12(20)9-14(15)21/h2,4-6,8-10,13H,1,3,7,11H2. The molecular weight excluding hydrogens is 376 g/mol. The van der Waals surface area contributed by atoms with Gasteiger partial charge < -0.3 is 4.90 Å². The van der Waals surface area contributed by atoms with Crippen molar-refractivity contribution in [3.63, 3.8) is 0 Å². The minimum absolute atomic E-state index is 0.0464. The fraction of sp³-hybridized carbons (Fsp3) is 0.278. The monoisotopic (exact) mass is 391 g/mol. The highest BCUT2D eigenvalue weighted by molar-refractivity contribution is 6.33. The van der Waals surface area contributed by atoms with Crippen LogP contribution in [0, 0.1) is 11.6 Å². The Kier molecular flexibility index (Phi) is 4.65. The minimum Gasteiger partial charge on any atom is -0.367 e. The molecule has 1 unspecified atom stereocenters. The van der Waals surface area contributed by atoms with Crippen molar-refractivity contribution in [1.82, 2.24) is 19.6 Å². The Bertz CT molecular complexity index is 1020. The smallest absolute Gasteiger partial charge is 0.292 e. The van der Waals surface area contributed by atoms with E-state index in [2.05, 4.69) is 10.2 Å². The lowest BCUT2D eigenvalue weighted by molar-refractivity contribution is 0.376. The van der Waals surface area contributed by atoms with Gasteiger partial charge in [0.05, 0.1) is 17.9 Å². The molecule has 6 nitrogen and oxygen atoms in total. The van der Waals surface area contributed by atoms with E-state index in [1.165, 1.54) is 6.20 Å². The van der Waals surface area contributed by atoms with Crippen molar-refractivity contribution in [1.29, 1.82) is 0 Å². The van der Waals surface area contributed by atoms with Crippen LogP contribution in [0.4, 0.5) is 14.5 Å². The van der Waals surface area contributed by atoms with Crippen LogP contribution in [-0.2, 0) is 0 Å². The molecule has 0 aliphatic carbocycles. The molecule has 1 fully saturated rings. The summed E-state index contributed by atoms with van der Waals surface area (Å²) in [6, 6.07) is 4.95. The Morgan fingerprint density at radius 2 is 2.04 bits per heavy atom. The van der Waals surface area contributed by atoms with E-state index < -0.39 is 17.2 Å². The van der Waals surface area contributed by atoms with Gasteiger partial charge in [0.25, 0.3) is 5.56 Å². The lowest BCUT2D eigenvalue weighted by atomic mass is 10.1. The fourth-order valence-electron chi connectivity index (χ4n) is 3.36. The van der Waals surface area contributed by atoms with Crippen LogP contribution in [0.25, 0.3) is 5.69 Å². The normalized spacial score (nSPS) is 17.3. The van der Waals surface area contributed by atoms with Crippen molar-refractivity contribution in [2.45, 2.75) is 18.9 Å². The lowest BCUT2D eigenvalue weighted by Gasteiger charge is -2.34. The molecule has 9 heteroatoms. The molecule has 3 heterocycles. The number of aromatic nitrogens is 4. The van der Waals surface area contributed by atoms with Crippen LogP contribution < -0.4 is 10.5 Å². The van der Waals surface area contributed by atoms with Crippen molar-refractivity contribution in [3.05, 3.63) is 69.9 Å². The van der Waals surface area contributed by atoms with Crippen molar-refractivity contribution in [2.75, 3.05) is 18.0 Å². The zero-order chi connectivity index (χ0) is 19.0. The maximum Gasteiger partial charge on any atom is 0.292 e. The molecule has 1 atom stereocenters. The van der Waals surface area contributed by atoms with Gasteiger partial charge in [0.1, 0.15) is 16.5 Å². The summed E-state index contributed by atoms with van der Waals surface area (Å²) in [5.41, 5.74) is -0.305. The van der Waals surface area contributed by atoms with Crippen molar-refractivity contribution in [2.24, 2.45) is 0 Å². The van der Waals surface area contributed by atoms with E-state index in [1.54, 1.807) is 6.20 Å². The zero-order valence-corrected chi connectivity index (χ0v) is 15.0. The quantitative estimate of drug-likeness (QED) is 0.688. The van der Waals surface area contributed by atoms with E-state index >= 15 is 0 Å². The summed E-state index contributed by atoms with van der Waals surface area (Å²) in [6.07, 6.45) is 6.96. The van der Waals surface area contributed by atoms with Crippen LogP contribution >= 0.6 is 11.6 Å². The molecule has 1 saturated heterocycles. The van der Waals surface area contributed by atoms with Gasteiger partial charge in [-0.1, -0.05) is 11.6 Å². The Morgan fingerprint density at radius 1 is 1.19 bits per heavy atom. The largest absolute Gasteiger partial charge is 0.367 e. The highest BCUT2D eigenvalue weighted by Crippen LogP contribution is 2.29. The van der Waals surface area contributed by atoms with E-state index in [-0.39, 0.29) is 16.8 Å². The van der Waals surface area contributed by atoms with Gasteiger partial charge in [-0.2, -0.15) is 14.9 Å². The molecule has 0 bridgehead atoms. The third-order valence-electron chi connectivity index (χ3n) is 4.67. The SMILES string of the molecule is O=c1c(Cl)c(N2CCCC(n3cccn3)C2)cnn1-c1ccc(F)cc1F. The maximum atomic E-state index is 14.0. The Labute approximate surface area is 158 Å². The first kappa shape index (κ1) is 17.7. The second kappa shape index (κ2) is 7.11. The molecule has 27 heavy (non-hydrogen) atoms. The summed E-state index contributed by atoms with van der Waals surface area (Å²) in [5, 5.41) is 8.29. The van der Waals surface area contributed by atoms with Crippen molar-refractivity contribution < 1.29 is 8.78 Å². The molecular formula is C18H16ClF2N5O. The van der Waals surface area contributed by atoms with Gasteiger partial charge in [0.2, 0.25) is 0 Å². The van der Waals surface area contributed by atoms with Gasteiger partial charge in [-0.15, -0.1) is 0 Å². The number of piperidine rings is 1. The number of rotatable bonds is 3. The highest BCUT2D eigenvalue weighted by Gasteiger charge is 2.25. The van der Waals surface area contributed by atoms with Gasteiger partial charge in [-0.3, -0.25) is 9.48 Å². The molecule has 0 radical (unpaired) electrons. The summed E-state index contributed by atoms with van der Waals surface area (Å²) in [5.74, 6) is -1.62. The first-order valence-electron chi connectivity index (χ1n) is 8.52. The Balaban J connectivity index is 1.67. The fourth-order valence-corrected chi connectivity index (χ4v) is 3.60. The van der Waals surface area contributed by atoms with E-state index in [1.807, 2.05) is 21.8 Å². The molecule has 140 valence electrons. The summed E-state index contributed by atoms with van der Waals surface area (Å²) in [7, 11) is 0. The van der Waals surface area contributed by atoms with E-state index in [4.69, 9.17) is 11.6 Å². The van der Waals surface area contributed by atoms with Crippen LogP contribution in [0.1, 0.15) is 18.9 Å². The number of benzene rings is 1. The molecule has 0 amide bonds. The maximum absolute atomic E-state index is 14.0. The molecule has 2 aromatic heterocycles. The van der Waals surface area contributed by atoms with Gasteiger partial charge in [-0.05, 0) is 31.0 Å². The van der Waals surface area contributed by atoms with Gasteiger partial charge >= 0.3 is 0 Å². The van der Waals surface area contributed by atoms with Crippen LogP contribution in [0.3, 0.4) is 0 Å². The second-order valence-electron chi connectivity index (χ2n) is 6.38. The lowest BCUT2D eigenvalue weighted by Crippen LogP contribution is -2.38. The van der Waals surface area contributed by atoms with Gasteiger partial charge in [0, 0.05) is 31.5 Å². The van der Waals surface area contributed by atoms with Gasteiger partial charge in [-0.25, -0.2) is 8.78 Å². The molecule has 1 aliphatic rings. The number of hydrogen-bond acceptors (Lipinski definition) is 4. The average Bonchev–Trinajstić information content (AvgIpc) is 3.19. The molecule has 1 aliphatic heterocycles. The van der Waals surface area contributed by atoms with Crippen LogP contribution in [0.15, 0.2) is 47.7 Å². The topological polar surface area (TPSA) is 56.0 Å². The number of nitrogens with zero attached hydrogens (tertiary/aromatic N) is 5. The predicted octanol–water partition coefficient (Wildman–Crippen LogP) is 3.20. The van der Waals surface area contributed by atoms with E-state index in [0.717, 1.165) is 36.2 Å². The van der Waals surface area contributed by atoms with Crippen LogP contribution in [0.2, 0.25) is 5.02 Å². The molecule has 0 N–H and O–H groups in total. The molecule has 0 saturated carbocycles. The summed E-state index contributed by atoms with van der Waals surface area (Å²) >= 11 is 6.30. The highest BCUT2D eigenvalue weighted by atomic mass is 35.5. The summed E-state index contributed by atoms with van der Waals surface area (Å²) in [4.78, 5) is 14.6. The van der Waals surface area contributed by atoms with Gasteiger partial charge in [0.15, 0.2) is 5.82 Å². The number of anilines is 1. The minimum atomic E-state index is -0.884. The second-order valence-corrected chi connectivity index (χ2v) is 6.76. The van der Waals surface area contributed by atoms with E-state index in [9.17, 15) is 13.6 Å². The van der Waals surface area contributed by atoms with Crippen LogP contribution in [-0.4, -0.2) is 32.7 Å². The van der Waals surface area contributed by atoms with Crippen molar-refractivity contribution in [3.8, 4) is 5.69 Å². The Hall–Kier alpha value is -2.74. The van der Waals surface area contributed by atoms with Crippen molar-refractivity contribution >= 4 is 17.3 Å². The molecule has 3 aromatic rings.